The number of para-hydroxylation sites is 1. The highest BCUT2D eigenvalue weighted by molar-refractivity contribution is 5.93. The van der Waals surface area contributed by atoms with Gasteiger partial charge in [0.05, 0.1) is 6.54 Å². The van der Waals surface area contributed by atoms with E-state index in [-0.39, 0.29) is 5.91 Å². The third-order valence-electron chi connectivity index (χ3n) is 4.39. The lowest BCUT2D eigenvalue weighted by atomic mass is 10.0. The molecule has 1 aliphatic rings. The number of hydrogen-bond donors (Lipinski definition) is 1. The number of hydrogen-bond acceptors (Lipinski definition) is 2. The molecule has 0 unspecified atom stereocenters. The number of aryl methyl sites for hydroxylation is 3. The summed E-state index contributed by atoms with van der Waals surface area (Å²) in [7, 11) is 0. The molecule has 0 bridgehead atoms. The van der Waals surface area contributed by atoms with Gasteiger partial charge in [0.15, 0.2) is 0 Å². The van der Waals surface area contributed by atoms with Gasteiger partial charge in [0.25, 0.3) is 0 Å². The monoisotopic (exact) mass is 294 g/mol. The average Bonchev–Trinajstić information content (AvgIpc) is 2.83. The van der Waals surface area contributed by atoms with Crippen LogP contribution in [0.15, 0.2) is 36.4 Å². The molecule has 2 aromatic rings. The van der Waals surface area contributed by atoms with Crippen LogP contribution in [-0.2, 0) is 17.9 Å². The lowest BCUT2D eigenvalue weighted by Crippen LogP contribution is -2.29. The predicted molar refractivity (Wildman–Crippen MR) is 89.8 cm³/mol. The Hall–Kier alpha value is -2.13. The van der Waals surface area contributed by atoms with E-state index in [1.54, 1.807) is 0 Å². The average molecular weight is 294 g/mol. The number of fused-ring (bicyclic) bond motifs is 1. The Balaban J connectivity index is 1.63. The number of carbonyl (C=O) groups excluding carboxylic acids is 1. The van der Waals surface area contributed by atoms with Crippen LogP contribution < -0.4 is 5.32 Å². The molecule has 0 fully saturated rings. The van der Waals surface area contributed by atoms with Crippen molar-refractivity contribution in [3.63, 3.8) is 0 Å². The topological polar surface area (TPSA) is 32.3 Å². The van der Waals surface area contributed by atoms with Crippen molar-refractivity contribution >= 4 is 11.6 Å². The normalized spacial score (nSPS) is 14.0. The summed E-state index contributed by atoms with van der Waals surface area (Å²) in [6.07, 6.45) is 0. The van der Waals surface area contributed by atoms with E-state index < -0.39 is 0 Å². The summed E-state index contributed by atoms with van der Waals surface area (Å²) in [5.41, 5.74) is 7.34. The summed E-state index contributed by atoms with van der Waals surface area (Å²) < 4.78 is 0. The Morgan fingerprint density at radius 3 is 2.18 bits per heavy atom. The van der Waals surface area contributed by atoms with Crippen LogP contribution in [0.4, 0.5) is 5.69 Å². The van der Waals surface area contributed by atoms with Gasteiger partial charge in [0.1, 0.15) is 0 Å². The second-order valence-electron chi connectivity index (χ2n) is 6.21. The van der Waals surface area contributed by atoms with E-state index in [0.717, 1.165) is 24.3 Å². The molecule has 0 saturated carbocycles. The lowest BCUT2D eigenvalue weighted by Gasteiger charge is -2.15. The molecule has 3 rings (SSSR count). The molecule has 3 heteroatoms. The molecule has 114 valence electrons. The lowest BCUT2D eigenvalue weighted by molar-refractivity contribution is -0.117. The minimum Gasteiger partial charge on any atom is -0.325 e. The summed E-state index contributed by atoms with van der Waals surface area (Å²) in [5.74, 6) is 0.0514. The molecular weight excluding hydrogens is 272 g/mol. The van der Waals surface area contributed by atoms with E-state index in [2.05, 4.69) is 36.2 Å². The van der Waals surface area contributed by atoms with Gasteiger partial charge in [-0.2, -0.15) is 0 Å². The maximum absolute atomic E-state index is 12.3. The fourth-order valence-electron chi connectivity index (χ4n) is 2.99. The van der Waals surface area contributed by atoms with Crippen LogP contribution in [0.5, 0.6) is 0 Å². The van der Waals surface area contributed by atoms with Crippen LogP contribution in [-0.4, -0.2) is 17.4 Å². The van der Waals surface area contributed by atoms with Gasteiger partial charge < -0.3 is 5.32 Å². The quantitative estimate of drug-likeness (QED) is 0.938. The number of anilines is 1. The van der Waals surface area contributed by atoms with Crippen LogP contribution in [0, 0.1) is 20.8 Å². The molecule has 1 heterocycles. The third kappa shape index (κ3) is 3.04. The second-order valence-corrected chi connectivity index (χ2v) is 6.21. The van der Waals surface area contributed by atoms with Crippen LogP contribution in [0.3, 0.4) is 0 Å². The summed E-state index contributed by atoms with van der Waals surface area (Å²) in [6.45, 7) is 8.44. The molecule has 0 spiro atoms. The van der Waals surface area contributed by atoms with E-state index in [9.17, 15) is 4.79 Å². The highest BCUT2D eigenvalue weighted by Gasteiger charge is 2.21. The maximum Gasteiger partial charge on any atom is 0.238 e. The first-order valence-corrected chi connectivity index (χ1v) is 7.70. The number of benzene rings is 2. The van der Waals surface area contributed by atoms with Crippen LogP contribution in [0.2, 0.25) is 0 Å². The number of amides is 1. The number of nitrogens with zero attached hydrogens (tertiary/aromatic N) is 1. The molecule has 0 aliphatic carbocycles. The molecule has 1 N–H and O–H groups in total. The molecule has 1 aliphatic heterocycles. The zero-order valence-corrected chi connectivity index (χ0v) is 13.4. The van der Waals surface area contributed by atoms with Crippen molar-refractivity contribution in [2.24, 2.45) is 0 Å². The first-order valence-electron chi connectivity index (χ1n) is 7.70. The fraction of sp³-hybridized carbons (Fsp3) is 0.316. The first-order chi connectivity index (χ1) is 10.5. The standard InChI is InChI=1S/C19H22N2O/c1-13-6-4-5-7-18(13)20-19(22)12-21-10-16-8-14(2)15(3)9-17(16)11-21/h4-9H,10-12H2,1-3H3,(H,20,22). The van der Waals surface area contributed by atoms with Gasteiger partial charge in [-0.1, -0.05) is 30.3 Å². The molecule has 0 atom stereocenters. The van der Waals surface area contributed by atoms with Crippen molar-refractivity contribution in [3.05, 3.63) is 64.2 Å². The number of rotatable bonds is 3. The third-order valence-corrected chi connectivity index (χ3v) is 4.39. The van der Waals surface area contributed by atoms with Crippen molar-refractivity contribution in [1.29, 1.82) is 0 Å². The van der Waals surface area contributed by atoms with E-state index in [0.29, 0.717) is 6.54 Å². The van der Waals surface area contributed by atoms with Gasteiger partial charge in [-0.25, -0.2) is 0 Å². The van der Waals surface area contributed by atoms with Crippen LogP contribution in [0.1, 0.15) is 27.8 Å². The van der Waals surface area contributed by atoms with Crippen molar-refractivity contribution in [3.8, 4) is 0 Å². The smallest absolute Gasteiger partial charge is 0.238 e. The van der Waals surface area contributed by atoms with Gasteiger partial charge >= 0.3 is 0 Å². The zero-order valence-electron chi connectivity index (χ0n) is 13.4. The van der Waals surface area contributed by atoms with E-state index in [4.69, 9.17) is 0 Å². The molecule has 0 aromatic heterocycles. The molecule has 3 nitrogen and oxygen atoms in total. The van der Waals surface area contributed by atoms with E-state index in [1.165, 1.54) is 22.3 Å². The SMILES string of the molecule is Cc1cc2c(cc1C)CN(CC(=O)Nc1ccccc1C)C2. The Labute approximate surface area is 132 Å². The molecule has 0 saturated heterocycles. The minimum absolute atomic E-state index is 0.0514. The molecule has 0 radical (unpaired) electrons. The molecular formula is C19H22N2O. The van der Waals surface area contributed by atoms with Crippen molar-refractivity contribution in [2.45, 2.75) is 33.9 Å². The van der Waals surface area contributed by atoms with E-state index >= 15 is 0 Å². The second kappa shape index (κ2) is 5.93. The first kappa shape index (κ1) is 14.8. The fourth-order valence-corrected chi connectivity index (χ4v) is 2.99. The molecule has 1 amide bonds. The summed E-state index contributed by atoms with van der Waals surface area (Å²) in [6, 6.07) is 12.4. The summed E-state index contributed by atoms with van der Waals surface area (Å²) in [4.78, 5) is 14.4. The Bertz CT molecular complexity index is 690. The predicted octanol–water partition coefficient (Wildman–Crippen LogP) is 3.57. The van der Waals surface area contributed by atoms with Gasteiger partial charge in [-0.05, 0) is 54.7 Å². The molecule has 2 aromatic carbocycles. The number of carbonyl (C=O) groups is 1. The largest absolute Gasteiger partial charge is 0.325 e. The van der Waals surface area contributed by atoms with E-state index in [1.807, 2.05) is 31.2 Å². The summed E-state index contributed by atoms with van der Waals surface area (Å²) >= 11 is 0. The van der Waals surface area contributed by atoms with Gasteiger partial charge in [-0.15, -0.1) is 0 Å². The summed E-state index contributed by atoms with van der Waals surface area (Å²) in [5, 5.41) is 3.01. The Morgan fingerprint density at radius 1 is 1.00 bits per heavy atom. The van der Waals surface area contributed by atoms with Gasteiger partial charge in [0.2, 0.25) is 5.91 Å². The highest BCUT2D eigenvalue weighted by atomic mass is 16.2. The Kier molecular flexibility index (Phi) is 3.99. The molecule has 22 heavy (non-hydrogen) atoms. The van der Waals surface area contributed by atoms with Crippen molar-refractivity contribution < 1.29 is 4.79 Å². The van der Waals surface area contributed by atoms with Crippen molar-refractivity contribution in [2.75, 3.05) is 11.9 Å². The van der Waals surface area contributed by atoms with Crippen molar-refractivity contribution in [1.82, 2.24) is 4.90 Å². The number of nitrogens with one attached hydrogen (secondary N) is 1. The Morgan fingerprint density at radius 2 is 1.59 bits per heavy atom. The van der Waals surface area contributed by atoms with Crippen LogP contribution in [0.25, 0.3) is 0 Å². The van der Waals surface area contributed by atoms with Gasteiger partial charge in [0, 0.05) is 18.8 Å². The minimum atomic E-state index is 0.0514. The zero-order chi connectivity index (χ0) is 15.7. The highest BCUT2D eigenvalue weighted by Crippen LogP contribution is 2.25. The van der Waals surface area contributed by atoms with Gasteiger partial charge in [-0.3, -0.25) is 9.69 Å². The maximum atomic E-state index is 12.3. The van der Waals surface area contributed by atoms with Crippen LogP contribution >= 0.6 is 0 Å².